The van der Waals surface area contributed by atoms with Crippen molar-refractivity contribution in [1.82, 2.24) is 0 Å². The van der Waals surface area contributed by atoms with Crippen molar-refractivity contribution in [1.29, 1.82) is 0 Å². The van der Waals surface area contributed by atoms with Crippen LogP contribution in [0.2, 0.25) is 0 Å². The molecule has 56 valence electrons. The Bertz CT molecular complexity index is 66.7. The Kier molecular flexibility index (Phi) is 105. The van der Waals surface area contributed by atoms with Crippen LogP contribution >= 0.6 is 7.82 Å². The summed E-state index contributed by atoms with van der Waals surface area (Å²) in [6.07, 6.45) is 0. The first-order valence-corrected chi connectivity index (χ1v) is 2.19. The zero-order valence-corrected chi connectivity index (χ0v) is 14.2. The Labute approximate surface area is 112 Å². The Hall–Kier alpha value is 2.30. The van der Waals surface area contributed by atoms with E-state index in [1.54, 1.807) is 0 Å². The molecule has 0 radical (unpaired) electrons. The average Bonchev–Trinajstić information content (AvgIpc) is 0.722. The van der Waals surface area contributed by atoms with Gasteiger partial charge < -0.3 is 33.4 Å². The summed E-state index contributed by atoms with van der Waals surface area (Å²) in [5.74, 6) is 0. The van der Waals surface area contributed by atoms with Gasteiger partial charge in [-0.3, -0.25) is 0 Å². The first-order chi connectivity index (χ1) is 2.00. The van der Waals surface area contributed by atoms with Crippen LogP contribution in [0.25, 0.3) is 0 Å². The van der Waals surface area contributed by atoms with Gasteiger partial charge in [0, 0.05) is 0 Å². The summed E-state index contributed by atoms with van der Waals surface area (Å²) in [5, 5.41) is 0. The molecule has 0 amide bonds. The van der Waals surface area contributed by atoms with Crippen molar-refractivity contribution < 1.29 is 33.4 Å². The summed E-state index contributed by atoms with van der Waals surface area (Å²) in [6.45, 7) is 0. The zero-order valence-electron chi connectivity index (χ0n) is 4.71. The molecule has 4 nitrogen and oxygen atoms in total. The van der Waals surface area contributed by atoms with Crippen LogP contribution in [0, 0.1) is 0 Å². The minimum absolute atomic E-state index is 0. The molecule has 0 aromatic carbocycles. The maximum atomic E-state index is 8.55. The van der Waals surface area contributed by atoms with Gasteiger partial charge in [-0.1, -0.05) is 0 Å². The predicted octanol–water partition coefficient (Wildman–Crippen LogP) is -13.0. The zero-order chi connectivity index (χ0) is 4.50. The summed E-state index contributed by atoms with van der Waals surface area (Å²) in [5.41, 5.74) is 0. The third-order valence-electron chi connectivity index (χ3n) is 0. The molecule has 0 bridgehead atoms. The van der Waals surface area contributed by atoms with Gasteiger partial charge in [0.25, 0.3) is 0 Å². The average molecular weight is 508 g/mol. The van der Waals surface area contributed by atoms with Gasteiger partial charge in [-0.25, -0.2) is 0 Å². The number of phosphoric acid groups is 1. The van der Waals surface area contributed by atoms with E-state index in [1.165, 1.54) is 0 Å². The fourth-order valence-corrected chi connectivity index (χ4v) is 0. The maximum Gasteiger partial charge on any atom is 4.00 e. The molecule has 0 saturated heterocycles. The Morgan fingerprint density at radius 3 is 0.727 bits per heavy atom. The van der Waals surface area contributed by atoms with Crippen LogP contribution in [0.15, 0.2) is 0 Å². The van der Waals surface area contributed by atoms with E-state index in [1.807, 2.05) is 0 Å². The predicted molar refractivity (Wildman–Crippen MR) is 24.9 cm³/mol. The summed E-state index contributed by atoms with van der Waals surface area (Å²) < 4.78 is 8.55. The monoisotopic (exact) mass is 512 g/mol. The largest absolute Gasteiger partial charge is 4.00 e. The molecule has 0 heterocycles. The van der Waals surface area contributed by atoms with Gasteiger partial charge in [-0.2, -0.15) is 7.82 Å². The first-order valence-electron chi connectivity index (χ1n) is 0.730. The van der Waals surface area contributed by atoms with E-state index in [0.717, 1.165) is 0 Å². The van der Waals surface area contributed by atoms with Crippen molar-refractivity contribution in [3.05, 3.63) is 0 Å². The molecular formula is F3O4PSn3+6. The molecule has 0 atom stereocenters. The fraction of sp³-hybridized carbons (Fsp3) is 0. The van der Waals surface area contributed by atoms with Gasteiger partial charge in [-0.15, -0.1) is 0 Å². The van der Waals surface area contributed by atoms with E-state index in [0.29, 0.717) is 0 Å². The quantitative estimate of drug-likeness (QED) is 0.241. The van der Waals surface area contributed by atoms with Crippen molar-refractivity contribution in [2.75, 3.05) is 0 Å². The van der Waals surface area contributed by atoms with Gasteiger partial charge in [0.15, 0.2) is 0 Å². The topological polar surface area (TPSA) is 86.2 Å². The van der Waals surface area contributed by atoms with Crippen molar-refractivity contribution in [2.24, 2.45) is 0 Å². The number of hydrogen-bond donors (Lipinski definition) is 0. The van der Waals surface area contributed by atoms with Crippen molar-refractivity contribution in [3.63, 3.8) is 0 Å². The molecule has 0 saturated carbocycles. The van der Waals surface area contributed by atoms with E-state index in [4.69, 9.17) is 19.2 Å². The van der Waals surface area contributed by atoms with E-state index in [-0.39, 0.29) is 85.8 Å². The first kappa shape index (κ1) is 50.7. The van der Waals surface area contributed by atoms with Crippen LogP contribution in [0.5, 0.6) is 0 Å². The van der Waals surface area contributed by atoms with E-state index in [2.05, 4.69) is 0 Å². The molecule has 11 heteroatoms. The standard InChI is InChI=1S/3FH.H3O4P.3Sn/c;;;1-5(2,3)4;;;/h3*1H;(H3,1,2,3,4);;;/q;;;;3*+4/p-6. The SMILES string of the molecule is O=P([O-])([O-])[O-].[F-].[F-].[F-].[Sn+4].[Sn+4].[Sn+4]. The van der Waals surface area contributed by atoms with Gasteiger partial charge in [0.2, 0.25) is 0 Å². The Morgan fingerprint density at radius 2 is 0.727 bits per heavy atom. The molecule has 0 aromatic rings. The smallest absolute Gasteiger partial charge is 1.00 e. The molecule has 0 aromatic heterocycles. The summed E-state index contributed by atoms with van der Waals surface area (Å²) >= 11 is 0. The molecule has 0 fully saturated rings. The molecule has 0 rings (SSSR count). The summed E-state index contributed by atoms with van der Waals surface area (Å²) in [7, 11) is -5.39. The van der Waals surface area contributed by atoms with Crippen LogP contribution < -0.4 is 28.8 Å². The second kappa shape index (κ2) is 22.8. The Morgan fingerprint density at radius 1 is 0.727 bits per heavy atom. The van der Waals surface area contributed by atoms with Crippen molar-refractivity contribution in [3.8, 4) is 0 Å². The van der Waals surface area contributed by atoms with E-state index >= 15 is 0 Å². The third kappa shape index (κ3) is 247. The Balaban J connectivity index is -0.00000000533. The van der Waals surface area contributed by atoms with Gasteiger partial charge in [-0.05, 0) is 0 Å². The second-order valence-electron chi connectivity index (χ2n) is 0.447. The molecule has 0 spiro atoms. The number of halogens is 3. The van der Waals surface area contributed by atoms with Crippen LogP contribution in [0.3, 0.4) is 0 Å². The molecule has 0 aliphatic carbocycles. The van der Waals surface area contributed by atoms with Crippen molar-refractivity contribution in [2.45, 2.75) is 0 Å². The molecule has 0 aliphatic rings. The minimum atomic E-state index is -5.39. The van der Waals surface area contributed by atoms with Gasteiger partial charge in [0.1, 0.15) is 0 Å². The van der Waals surface area contributed by atoms with E-state index < -0.39 is 7.82 Å². The molecule has 0 unspecified atom stereocenters. The maximum absolute atomic E-state index is 8.55. The van der Waals surface area contributed by atoms with Crippen LogP contribution in [-0.4, -0.2) is 71.7 Å². The minimum Gasteiger partial charge on any atom is -1.00 e. The van der Waals surface area contributed by atoms with Crippen LogP contribution in [0.4, 0.5) is 0 Å². The number of hydrogen-bond acceptors (Lipinski definition) is 4. The van der Waals surface area contributed by atoms with Crippen LogP contribution in [0.1, 0.15) is 0 Å². The molecular weight excluding hydrogens is 508 g/mol. The molecule has 11 heavy (non-hydrogen) atoms. The summed E-state index contributed by atoms with van der Waals surface area (Å²) in [6, 6.07) is 0. The normalized spacial score (nSPS) is 5.36. The van der Waals surface area contributed by atoms with Gasteiger partial charge >= 0.3 is 71.7 Å². The van der Waals surface area contributed by atoms with Crippen molar-refractivity contribution >= 4 is 79.5 Å². The van der Waals surface area contributed by atoms with Crippen LogP contribution in [-0.2, 0) is 4.57 Å². The second-order valence-corrected chi connectivity index (χ2v) is 1.34. The third-order valence-corrected chi connectivity index (χ3v) is 0. The number of rotatable bonds is 0. The van der Waals surface area contributed by atoms with Gasteiger partial charge in [0.05, 0.1) is 0 Å². The van der Waals surface area contributed by atoms with E-state index in [9.17, 15) is 0 Å². The fourth-order valence-electron chi connectivity index (χ4n) is 0. The summed E-state index contributed by atoms with van der Waals surface area (Å²) in [4.78, 5) is 25.6. The molecule has 0 N–H and O–H groups in total. The molecule has 0 aliphatic heterocycles.